The summed E-state index contributed by atoms with van der Waals surface area (Å²) in [6.07, 6.45) is 6.90. The molecule has 1 amide bonds. The molecule has 8 heteroatoms. The Kier molecular flexibility index (Phi) is 6.41. The van der Waals surface area contributed by atoms with Gasteiger partial charge in [0.05, 0.1) is 0 Å². The largest absolute Gasteiger partial charge is 0.366 e. The molecule has 4 unspecified atom stereocenters. The van der Waals surface area contributed by atoms with Crippen LogP contribution < -0.4 is 4.90 Å². The Morgan fingerprint density at radius 2 is 1.67 bits per heavy atom. The number of amidine groups is 1. The minimum atomic E-state index is -1.48. The number of anilines is 1. The van der Waals surface area contributed by atoms with Crippen molar-refractivity contribution in [3.05, 3.63) is 89.5 Å². The lowest BCUT2D eigenvalue weighted by Gasteiger charge is -2.36. The third kappa shape index (κ3) is 4.58. The Labute approximate surface area is 227 Å². The van der Waals surface area contributed by atoms with Crippen LogP contribution in [0, 0.1) is 11.6 Å². The summed E-state index contributed by atoms with van der Waals surface area (Å²) in [5.74, 6) is -0.187. The second-order valence-electron chi connectivity index (χ2n) is 11.3. The van der Waals surface area contributed by atoms with E-state index in [1.165, 1.54) is 37.3 Å². The predicted molar refractivity (Wildman–Crippen MR) is 146 cm³/mol. The molecule has 2 aromatic carbocycles. The molecule has 6 rings (SSSR count). The van der Waals surface area contributed by atoms with Gasteiger partial charge in [-0.3, -0.25) is 14.6 Å². The molecule has 2 aromatic rings. The number of hydrogen-bond acceptors (Lipinski definition) is 4. The number of likely N-dealkylation sites (tertiary alicyclic amines) is 1. The molecule has 39 heavy (non-hydrogen) atoms. The van der Waals surface area contributed by atoms with Gasteiger partial charge in [0.15, 0.2) is 5.54 Å². The second-order valence-corrected chi connectivity index (χ2v) is 11.3. The maximum Gasteiger partial charge on any atom is 0.265 e. The number of amides is 1. The number of halogens is 3. The molecule has 204 valence electrons. The molecule has 2 bridgehead atoms. The zero-order valence-corrected chi connectivity index (χ0v) is 22.3. The smallest absolute Gasteiger partial charge is 0.265 e. The zero-order chi connectivity index (χ0) is 27.4. The zero-order valence-electron chi connectivity index (χ0n) is 22.3. The van der Waals surface area contributed by atoms with Gasteiger partial charge in [0.2, 0.25) is 0 Å². The quantitative estimate of drug-likeness (QED) is 0.478. The van der Waals surface area contributed by atoms with Crippen LogP contribution in [0.3, 0.4) is 0 Å². The first-order valence-electron chi connectivity index (χ1n) is 13.7. The van der Waals surface area contributed by atoms with Gasteiger partial charge in [0, 0.05) is 50.4 Å². The van der Waals surface area contributed by atoms with Gasteiger partial charge in [0.1, 0.15) is 23.1 Å². The van der Waals surface area contributed by atoms with E-state index in [0.29, 0.717) is 35.6 Å². The normalized spacial score (nSPS) is 30.3. The summed E-state index contributed by atoms with van der Waals surface area (Å²) in [7, 11) is 0. The molecule has 0 spiro atoms. The SMILES string of the molecule is CC1=NC(C2=CCC(C)(F)C=C2)(c2ccc(F)cc2)C(=O)N1CCCN1CC2CC1CN2c1ccc(F)cc1. The number of nitrogens with zero attached hydrogens (tertiary/aromatic N) is 4. The molecule has 5 nitrogen and oxygen atoms in total. The number of aliphatic imine (C=N–C) groups is 1. The number of rotatable bonds is 7. The van der Waals surface area contributed by atoms with Gasteiger partial charge >= 0.3 is 0 Å². The molecule has 3 heterocycles. The number of carbonyl (C=O) groups excluding carboxylic acids is 1. The first kappa shape index (κ1) is 25.9. The van der Waals surface area contributed by atoms with E-state index in [-0.39, 0.29) is 24.0 Å². The molecule has 0 saturated carbocycles. The van der Waals surface area contributed by atoms with Crippen molar-refractivity contribution in [1.29, 1.82) is 0 Å². The van der Waals surface area contributed by atoms with Crippen LogP contribution in [-0.2, 0) is 10.3 Å². The summed E-state index contributed by atoms with van der Waals surface area (Å²) in [6.45, 7) is 6.58. The van der Waals surface area contributed by atoms with Crippen molar-refractivity contribution < 1.29 is 18.0 Å². The van der Waals surface area contributed by atoms with Gasteiger partial charge in [-0.25, -0.2) is 18.2 Å². The highest BCUT2D eigenvalue weighted by atomic mass is 19.1. The molecular weight excluding hydrogens is 501 g/mol. The lowest BCUT2D eigenvalue weighted by molar-refractivity contribution is -0.130. The topological polar surface area (TPSA) is 39.2 Å². The maximum atomic E-state index is 14.5. The van der Waals surface area contributed by atoms with Crippen molar-refractivity contribution >= 4 is 17.4 Å². The fourth-order valence-corrected chi connectivity index (χ4v) is 6.57. The van der Waals surface area contributed by atoms with Gasteiger partial charge in [-0.05, 0) is 80.3 Å². The monoisotopic (exact) mass is 534 g/mol. The summed E-state index contributed by atoms with van der Waals surface area (Å²) in [5, 5.41) is 0. The van der Waals surface area contributed by atoms with E-state index in [4.69, 9.17) is 4.99 Å². The van der Waals surface area contributed by atoms with Crippen molar-refractivity contribution in [3.63, 3.8) is 0 Å². The van der Waals surface area contributed by atoms with Crippen LogP contribution in [0.1, 0.15) is 38.7 Å². The number of fused-ring (bicyclic) bond motifs is 2. The average molecular weight is 535 g/mol. The summed E-state index contributed by atoms with van der Waals surface area (Å²) in [4.78, 5) is 25.5. The Bertz CT molecular complexity index is 1350. The van der Waals surface area contributed by atoms with Crippen LogP contribution in [0.2, 0.25) is 0 Å². The third-order valence-electron chi connectivity index (χ3n) is 8.63. The number of allylic oxidation sites excluding steroid dienone is 2. The number of piperazine rings is 1. The van der Waals surface area contributed by atoms with E-state index < -0.39 is 11.2 Å². The fraction of sp³-hybridized carbons (Fsp3) is 0.419. The Morgan fingerprint density at radius 1 is 0.974 bits per heavy atom. The second kappa shape index (κ2) is 9.66. The Hall–Kier alpha value is -3.39. The van der Waals surface area contributed by atoms with E-state index in [2.05, 4.69) is 9.80 Å². The van der Waals surface area contributed by atoms with Crippen LogP contribution in [-0.4, -0.2) is 65.5 Å². The summed E-state index contributed by atoms with van der Waals surface area (Å²) < 4.78 is 41.7. The van der Waals surface area contributed by atoms with E-state index in [1.54, 1.807) is 29.2 Å². The number of alkyl halides is 1. The minimum absolute atomic E-state index is 0.149. The molecule has 2 saturated heterocycles. The molecular formula is C31H33F3N4O. The van der Waals surface area contributed by atoms with Gasteiger partial charge < -0.3 is 4.90 Å². The first-order valence-corrected chi connectivity index (χ1v) is 13.7. The number of benzene rings is 2. The average Bonchev–Trinajstić information content (AvgIpc) is 3.58. The lowest BCUT2D eigenvalue weighted by atomic mass is 9.78. The number of carbonyl (C=O) groups is 1. The van der Waals surface area contributed by atoms with E-state index in [9.17, 15) is 18.0 Å². The summed E-state index contributed by atoms with van der Waals surface area (Å²) >= 11 is 0. The lowest BCUT2D eigenvalue weighted by Crippen LogP contribution is -2.47. The number of hydrogen-bond donors (Lipinski definition) is 0. The maximum absolute atomic E-state index is 14.5. The molecule has 0 aromatic heterocycles. The van der Waals surface area contributed by atoms with Gasteiger partial charge in [-0.2, -0.15) is 0 Å². The van der Waals surface area contributed by atoms with E-state index in [0.717, 1.165) is 38.2 Å². The molecule has 3 aliphatic heterocycles. The molecule has 1 aliphatic carbocycles. The molecule has 0 radical (unpaired) electrons. The molecule has 0 N–H and O–H groups in total. The van der Waals surface area contributed by atoms with Crippen molar-refractivity contribution in [1.82, 2.24) is 9.80 Å². The highest BCUT2D eigenvalue weighted by Crippen LogP contribution is 2.44. The highest BCUT2D eigenvalue weighted by Gasteiger charge is 2.51. The van der Waals surface area contributed by atoms with Crippen LogP contribution in [0.4, 0.5) is 18.9 Å². The van der Waals surface area contributed by atoms with Gasteiger partial charge in [0.25, 0.3) is 5.91 Å². The van der Waals surface area contributed by atoms with Crippen molar-refractivity contribution in [2.75, 3.05) is 31.1 Å². The fourth-order valence-electron chi connectivity index (χ4n) is 6.57. The first-order chi connectivity index (χ1) is 18.7. The summed E-state index contributed by atoms with van der Waals surface area (Å²) in [5.41, 5.74) is -0.558. The van der Waals surface area contributed by atoms with E-state index in [1.807, 2.05) is 19.1 Å². The standard InChI is InChI=1S/C31H33F3N4O/c1-21-35-31(22-4-6-24(32)7-5-22,23-12-14-30(2,34)15-13-23)29(39)37(21)17-3-16-36-19-28-18-27(36)20-38(28)26-10-8-25(33)9-11-26/h4-14,27-28H,3,15-20H2,1-2H3. The molecule has 4 atom stereocenters. The minimum Gasteiger partial charge on any atom is -0.366 e. The Balaban J connectivity index is 1.14. The van der Waals surface area contributed by atoms with Crippen LogP contribution in [0.15, 0.2) is 77.3 Å². The highest BCUT2D eigenvalue weighted by molar-refractivity contribution is 6.10. The van der Waals surface area contributed by atoms with Crippen LogP contribution in [0.5, 0.6) is 0 Å². The Morgan fingerprint density at radius 3 is 2.28 bits per heavy atom. The van der Waals surface area contributed by atoms with Crippen molar-refractivity contribution in [3.8, 4) is 0 Å². The molecule has 4 aliphatic rings. The van der Waals surface area contributed by atoms with Gasteiger partial charge in [-0.1, -0.05) is 24.3 Å². The molecule has 2 fully saturated rings. The van der Waals surface area contributed by atoms with Gasteiger partial charge in [-0.15, -0.1) is 0 Å². The predicted octanol–water partition coefficient (Wildman–Crippen LogP) is 5.39. The van der Waals surface area contributed by atoms with Crippen LogP contribution in [0.25, 0.3) is 0 Å². The van der Waals surface area contributed by atoms with E-state index >= 15 is 0 Å². The van der Waals surface area contributed by atoms with Crippen molar-refractivity contribution in [2.24, 2.45) is 4.99 Å². The summed E-state index contributed by atoms with van der Waals surface area (Å²) in [6, 6.07) is 13.4. The van der Waals surface area contributed by atoms with Crippen LogP contribution >= 0.6 is 0 Å². The third-order valence-corrected chi connectivity index (χ3v) is 8.63. The van der Waals surface area contributed by atoms with Crippen molar-refractivity contribution in [2.45, 2.75) is 56.4 Å².